The number of rotatable bonds is 1. The van der Waals surface area contributed by atoms with Crippen molar-refractivity contribution >= 4 is 5.97 Å². The van der Waals surface area contributed by atoms with Crippen LogP contribution in [0.15, 0.2) is 11.4 Å². The number of halogens is 1. The molecule has 78 valence electrons. The number of nitrogens with zero attached hydrogens (tertiary/aromatic N) is 1. The second kappa shape index (κ2) is 3.35. The molecule has 2 saturated heterocycles. The molecule has 2 heterocycles. The number of carboxylic acid groups (broad SMARTS) is 1. The summed E-state index contributed by atoms with van der Waals surface area (Å²) in [7, 11) is 2.04. The van der Waals surface area contributed by atoms with Gasteiger partial charge in [-0.15, -0.1) is 0 Å². The fraction of sp³-hybridized carbons (Fsp3) is 0.700. The minimum absolute atomic E-state index is 0.355. The maximum atomic E-state index is 13.2. The summed E-state index contributed by atoms with van der Waals surface area (Å²) in [6, 6.07) is 0.711. The molecule has 2 rings (SSSR count). The van der Waals surface area contributed by atoms with Gasteiger partial charge in [-0.25, -0.2) is 4.79 Å². The molecule has 0 aromatic carbocycles. The van der Waals surface area contributed by atoms with Crippen molar-refractivity contribution in [2.45, 2.75) is 37.8 Å². The number of carboxylic acids is 1. The van der Waals surface area contributed by atoms with Gasteiger partial charge in [-0.1, -0.05) is 0 Å². The smallest absolute Gasteiger partial charge is 0.364 e. The Morgan fingerprint density at radius 2 is 1.93 bits per heavy atom. The number of hydrogen-bond acceptors (Lipinski definition) is 2. The van der Waals surface area contributed by atoms with Gasteiger partial charge in [-0.05, 0) is 38.3 Å². The second-order valence-corrected chi connectivity index (χ2v) is 4.18. The highest BCUT2D eigenvalue weighted by molar-refractivity contribution is 5.85. The Bertz CT molecular complexity index is 284. The summed E-state index contributed by atoms with van der Waals surface area (Å²) < 4.78 is 13.2. The molecule has 0 amide bonds. The first-order valence-corrected chi connectivity index (χ1v) is 4.92. The lowest BCUT2D eigenvalue weighted by molar-refractivity contribution is -0.134. The van der Waals surface area contributed by atoms with Crippen LogP contribution in [0.4, 0.5) is 4.39 Å². The van der Waals surface area contributed by atoms with Crippen LogP contribution in [0.2, 0.25) is 0 Å². The zero-order chi connectivity index (χ0) is 10.3. The molecule has 2 aliphatic rings. The Morgan fingerprint density at radius 3 is 2.36 bits per heavy atom. The van der Waals surface area contributed by atoms with E-state index in [4.69, 9.17) is 5.11 Å². The van der Waals surface area contributed by atoms with Gasteiger partial charge in [-0.3, -0.25) is 4.90 Å². The standard InChI is InChI=1S/C10H14FNO2/c1-12-7-2-3-8(12)5-6(4-7)9(11)10(13)14/h7-8H,2-5H2,1H3,(H,13,14). The number of hydrogen-bond donors (Lipinski definition) is 1. The maximum Gasteiger partial charge on any atom is 0.364 e. The van der Waals surface area contributed by atoms with E-state index in [1.807, 2.05) is 7.05 Å². The molecule has 2 atom stereocenters. The molecule has 4 heteroatoms. The van der Waals surface area contributed by atoms with Crippen LogP contribution in [-0.2, 0) is 4.79 Å². The van der Waals surface area contributed by atoms with Gasteiger partial charge in [-0.2, -0.15) is 4.39 Å². The highest BCUT2D eigenvalue weighted by atomic mass is 19.1. The number of fused-ring (bicyclic) bond motifs is 2. The quantitative estimate of drug-likeness (QED) is 0.651. The van der Waals surface area contributed by atoms with Gasteiger partial charge in [0.15, 0.2) is 0 Å². The van der Waals surface area contributed by atoms with Crippen LogP contribution in [0.25, 0.3) is 0 Å². The third-order valence-electron chi connectivity index (χ3n) is 3.45. The molecular weight excluding hydrogens is 185 g/mol. The largest absolute Gasteiger partial charge is 0.476 e. The van der Waals surface area contributed by atoms with E-state index < -0.39 is 11.8 Å². The zero-order valence-corrected chi connectivity index (χ0v) is 8.16. The van der Waals surface area contributed by atoms with Crippen molar-refractivity contribution in [3.63, 3.8) is 0 Å². The molecule has 0 saturated carbocycles. The van der Waals surface area contributed by atoms with Crippen LogP contribution in [0.1, 0.15) is 25.7 Å². The molecule has 0 aromatic rings. The Labute approximate surface area is 82.2 Å². The van der Waals surface area contributed by atoms with Gasteiger partial charge in [0.05, 0.1) is 0 Å². The van der Waals surface area contributed by atoms with E-state index in [-0.39, 0.29) is 0 Å². The van der Waals surface area contributed by atoms with Crippen molar-refractivity contribution in [3.8, 4) is 0 Å². The van der Waals surface area contributed by atoms with Gasteiger partial charge in [0.1, 0.15) is 0 Å². The molecular formula is C10H14FNO2. The number of piperidine rings is 1. The van der Waals surface area contributed by atoms with Gasteiger partial charge >= 0.3 is 5.97 Å². The third-order valence-corrected chi connectivity index (χ3v) is 3.45. The highest BCUT2D eigenvalue weighted by Crippen LogP contribution is 2.38. The predicted molar refractivity (Wildman–Crippen MR) is 49.6 cm³/mol. The van der Waals surface area contributed by atoms with Gasteiger partial charge in [0, 0.05) is 12.1 Å². The Kier molecular flexibility index (Phi) is 2.31. The van der Waals surface area contributed by atoms with E-state index in [9.17, 15) is 9.18 Å². The van der Waals surface area contributed by atoms with E-state index in [1.54, 1.807) is 0 Å². The average molecular weight is 199 g/mol. The van der Waals surface area contributed by atoms with E-state index in [2.05, 4.69) is 4.90 Å². The van der Waals surface area contributed by atoms with Crippen LogP contribution in [0.3, 0.4) is 0 Å². The molecule has 0 aliphatic carbocycles. The molecule has 14 heavy (non-hydrogen) atoms. The van der Waals surface area contributed by atoms with Gasteiger partial charge in [0.25, 0.3) is 0 Å². The molecule has 3 nitrogen and oxygen atoms in total. The third kappa shape index (κ3) is 1.43. The molecule has 0 radical (unpaired) electrons. The lowest BCUT2D eigenvalue weighted by Gasteiger charge is -2.32. The van der Waals surface area contributed by atoms with E-state index in [1.165, 1.54) is 0 Å². The molecule has 2 aliphatic heterocycles. The van der Waals surface area contributed by atoms with Crippen molar-refractivity contribution in [2.24, 2.45) is 0 Å². The van der Waals surface area contributed by atoms with E-state index in [0.29, 0.717) is 30.5 Å². The Balaban J connectivity index is 2.21. The molecule has 1 N–H and O–H groups in total. The first kappa shape index (κ1) is 9.65. The highest BCUT2D eigenvalue weighted by Gasteiger charge is 2.37. The van der Waals surface area contributed by atoms with Crippen molar-refractivity contribution in [3.05, 3.63) is 11.4 Å². The monoisotopic (exact) mass is 199 g/mol. The van der Waals surface area contributed by atoms with Crippen molar-refractivity contribution < 1.29 is 14.3 Å². The summed E-state index contributed by atoms with van der Waals surface area (Å²) in [5, 5.41) is 8.55. The van der Waals surface area contributed by atoms with E-state index >= 15 is 0 Å². The van der Waals surface area contributed by atoms with E-state index in [0.717, 1.165) is 12.8 Å². The molecule has 0 spiro atoms. The minimum atomic E-state index is -1.41. The fourth-order valence-electron chi connectivity index (χ4n) is 2.56. The molecule has 2 bridgehead atoms. The first-order chi connectivity index (χ1) is 6.59. The lowest BCUT2D eigenvalue weighted by Crippen LogP contribution is -2.37. The van der Waals surface area contributed by atoms with Gasteiger partial charge < -0.3 is 5.11 Å². The van der Waals surface area contributed by atoms with Crippen molar-refractivity contribution in [1.82, 2.24) is 4.90 Å². The summed E-state index contributed by atoms with van der Waals surface area (Å²) in [5.74, 6) is -2.33. The second-order valence-electron chi connectivity index (χ2n) is 4.18. The molecule has 2 unspecified atom stereocenters. The summed E-state index contributed by atoms with van der Waals surface area (Å²) in [4.78, 5) is 12.7. The maximum absolute atomic E-state index is 13.2. The number of carbonyl (C=O) groups is 1. The topological polar surface area (TPSA) is 40.5 Å². The normalized spacial score (nSPS) is 32.0. The molecule has 2 fully saturated rings. The molecule has 0 aromatic heterocycles. The predicted octanol–water partition coefficient (Wildman–Crippen LogP) is 1.55. The average Bonchev–Trinajstić information content (AvgIpc) is 2.42. The number of aliphatic carboxylic acids is 1. The van der Waals surface area contributed by atoms with Crippen molar-refractivity contribution in [1.29, 1.82) is 0 Å². The SMILES string of the molecule is CN1C2CCC1CC(=C(F)C(=O)O)C2. The van der Waals surface area contributed by atoms with Crippen LogP contribution in [0, 0.1) is 0 Å². The van der Waals surface area contributed by atoms with Crippen LogP contribution in [0.5, 0.6) is 0 Å². The van der Waals surface area contributed by atoms with Crippen LogP contribution in [-0.4, -0.2) is 35.1 Å². The minimum Gasteiger partial charge on any atom is -0.476 e. The van der Waals surface area contributed by atoms with Crippen LogP contribution < -0.4 is 0 Å². The van der Waals surface area contributed by atoms with Crippen LogP contribution >= 0.6 is 0 Å². The fourth-order valence-corrected chi connectivity index (χ4v) is 2.56. The summed E-state index contributed by atoms with van der Waals surface area (Å²) in [6.07, 6.45) is 3.31. The zero-order valence-electron chi connectivity index (χ0n) is 8.16. The first-order valence-electron chi connectivity index (χ1n) is 4.92. The Hall–Kier alpha value is -0.900. The Morgan fingerprint density at radius 1 is 1.43 bits per heavy atom. The lowest BCUT2D eigenvalue weighted by atomic mass is 9.96. The van der Waals surface area contributed by atoms with Crippen molar-refractivity contribution in [2.75, 3.05) is 7.05 Å². The summed E-state index contributed by atoms with van der Waals surface area (Å²) >= 11 is 0. The van der Waals surface area contributed by atoms with Gasteiger partial charge in [0.2, 0.25) is 5.83 Å². The summed E-state index contributed by atoms with van der Waals surface area (Å²) in [6.45, 7) is 0. The summed E-state index contributed by atoms with van der Waals surface area (Å²) in [5.41, 5.74) is 0.503.